The van der Waals surface area contributed by atoms with E-state index in [4.69, 9.17) is 27.9 Å². The van der Waals surface area contributed by atoms with E-state index in [1.165, 1.54) is 0 Å². The molecule has 2 aromatic carbocycles. The Hall–Kier alpha value is -1.18. The monoisotopic (exact) mass is 294 g/mol. The average molecular weight is 295 g/mol. The first-order valence-electron chi connectivity index (χ1n) is 6.23. The summed E-state index contributed by atoms with van der Waals surface area (Å²) in [5.74, 6) is 0.849. The summed E-state index contributed by atoms with van der Waals surface area (Å²) in [5.41, 5.74) is 1.93. The summed E-state index contributed by atoms with van der Waals surface area (Å²) in [4.78, 5) is 0. The Bertz CT molecular complexity index is 535. The number of alkyl halides is 1. The zero-order chi connectivity index (χ0) is 13.8. The number of halogens is 2. The maximum atomic E-state index is 6.47. The fourth-order valence-electron chi connectivity index (χ4n) is 1.85. The molecule has 0 aromatic heterocycles. The van der Waals surface area contributed by atoms with E-state index >= 15 is 0 Å². The van der Waals surface area contributed by atoms with Crippen LogP contribution in [0, 0.1) is 0 Å². The molecule has 1 unspecified atom stereocenters. The Morgan fingerprint density at radius 3 is 2.16 bits per heavy atom. The van der Waals surface area contributed by atoms with Gasteiger partial charge in [0.05, 0.1) is 11.5 Å². The predicted molar refractivity (Wildman–Crippen MR) is 81.4 cm³/mol. The van der Waals surface area contributed by atoms with Crippen molar-refractivity contribution < 1.29 is 4.74 Å². The fraction of sp³-hybridized carbons (Fsp3) is 0.250. The van der Waals surface area contributed by atoms with Crippen molar-refractivity contribution in [3.63, 3.8) is 0 Å². The Morgan fingerprint density at radius 2 is 1.58 bits per heavy atom. The third kappa shape index (κ3) is 3.65. The fourth-order valence-corrected chi connectivity index (χ4v) is 2.48. The molecule has 100 valence electrons. The normalized spacial score (nSPS) is 12.5. The number of hydrogen-bond acceptors (Lipinski definition) is 1. The van der Waals surface area contributed by atoms with E-state index in [1.54, 1.807) is 0 Å². The van der Waals surface area contributed by atoms with Crippen LogP contribution < -0.4 is 4.74 Å². The van der Waals surface area contributed by atoms with Gasteiger partial charge in [0.15, 0.2) is 0 Å². The summed E-state index contributed by atoms with van der Waals surface area (Å²) in [5, 5.41) is 0.437. The molecule has 2 rings (SSSR count). The molecule has 0 radical (unpaired) electrons. The van der Waals surface area contributed by atoms with Crippen molar-refractivity contribution in [1.82, 2.24) is 0 Å². The van der Waals surface area contributed by atoms with Gasteiger partial charge < -0.3 is 4.74 Å². The van der Waals surface area contributed by atoms with Crippen LogP contribution in [0.1, 0.15) is 30.4 Å². The van der Waals surface area contributed by atoms with Gasteiger partial charge in [-0.2, -0.15) is 0 Å². The summed E-state index contributed by atoms with van der Waals surface area (Å²) < 4.78 is 5.61. The van der Waals surface area contributed by atoms with Crippen LogP contribution in [0.25, 0.3) is 0 Å². The molecule has 0 bridgehead atoms. The van der Waals surface area contributed by atoms with Gasteiger partial charge in [0.25, 0.3) is 0 Å². The van der Waals surface area contributed by atoms with Crippen LogP contribution in [0.15, 0.2) is 48.5 Å². The van der Waals surface area contributed by atoms with Crippen molar-refractivity contribution in [2.24, 2.45) is 0 Å². The first-order chi connectivity index (χ1) is 9.08. The number of rotatable bonds is 4. The number of hydrogen-bond donors (Lipinski definition) is 0. The van der Waals surface area contributed by atoms with Crippen molar-refractivity contribution in [1.29, 1.82) is 0 Å². The van der Waals surface area contributed by atoms with Crippen LogP contribution >= 0.6 is 23.2 Å². The van der Waals surface area contributed by atoms with Crippen LogP contribution in [-0.4, -0.2) is 6.10 Å². The minimum absolute atomic E-state index is 0.168. The van der Waals surface area contributed by atoms with Gasteiger partial charge in [-0.3, -0.25) is 0 Å². The molecular formula is C16H16Cl2O. The van der Waals surface area contributed by atoms with Crippen LogP contribution in [0.4, 0.5) is 0 Å². The highest BCUT2D eigenvalue weighted by molar-refractivity contribution is 6.33. The second kappa shape index (κ2) is 6.31. The van der Waals surface area contributed by atoms with E-state index in [0.717, 1.165) is 16.9 Å². The third-order valence-corrected chi connectivity index (χ3v) is 3.55. The van der Waals surface area contributed by atoms with Gasteiger partial charge in [-0.25, -0.2) is 0 Å². The van der Waals surface area contributed by atoms with E-state index in [2.05, 4.69) is 0 Å². The highest BCUT2D eigenvalue weighted by Gasteiger charge is 2.13. The lowest BCUT2D eigenvalue weighted by Gasteiger charge is -2.14. The highest BCUT2D eigenvalue weighted by atomic mass is 35.5. The molecule has 1 nitrogen and oxygen atoms in total. The molecule has 1 atom stereocenters. The summed E-state index contributed by atoms with van der Waals surface area (Å²) in [7, 11) is 0. The maximum absolute atomic E-state index is 6.47. The molecule has 0 saturated carbocycles. The topological polar surface area (TPSA) is 9.23 Å². The quantitative estimate of drug-likeness (QED) is 0.681. The largest absolute Gasteiger partial charge is 0.491 e. The standard InChI is InChI=1S/C16H16Cl2O/c1-11(2)19-13-9-7-12(8-10-13)16(18)14-5-3-4-6-15(14)17/h3-11,16H,1-2H3. The molecule has 19 heavy (non-hydrogen) atoms. The van der Waals surface area contributed by atoms with E-state index in [-0.39, 0.29) is 11.5 Å². The van der Waals surface area contributed by atoms with Gasteiger partial charge in [0, 0.05) is 5.02 Å². The van der Waals surface area contributed by atoms with E-state index < -0.39 is 0 Å². The van der Waals surface area contributed by atoms with Gasteiger partial charge in [-0.1, -0.05) is 41.9 Å². The van der Waals surface area contributed by atoms with Crippen LogP contribution in [0.2, 0.25) is 5.02 Å². The van der Waals surface area contributed by atoms with Crippen molar-refractivity contribution in [3.8, 4) is 5.75 Å². The van der Waals surface area contributed by atoms with E-state index in [0.29, 0.717) is 5.02 Å². The second-order valence-electron chi connectivity index (χ2n) is 4.62. The first-order valence-corrected chi connectivity index (χ1v) is 7.04. The third-order valence-electron chi connectivity index (χ3n) is 2.72. The van der Waals surface area contributed by atoms with E-state index in [9.17, 15) is 0 Å². The Kier molecular flexibility index (Phi) is 4.73. The molecule has 0 spiro atoms. The minimum atomic E-state index is -0.248. The molecule has 0 heterocycles. The van der Waals surface area contributed by atoms with Crippen LogP contribution in [0.3, 0.4) is 0 Å². The van der Waals surface area contributed by atoms with Gasteiger partial charge in [0.1, 0.15) is 5.75 Å². The second-order valence-corrected chi connectivity index (χ2v) is 5.46. The minimum Gasteiger partial charge on any atom is -0.491 e. The van der Waals surface area contributed by atoms with Gasteiger partial charge in [-0.05, 0) is 43.2 Å². The summed E-state index contributed by atoms with van der Waals surface area (Å²) in [6.07, 6.45) is 0.168. The van der Waals surface area contributed by atoms with Crippen molar-refractivity contribution in [2.45, 2.75) is 25.3 Å². The van der Waals surface area contributed by atoms with Crippen LogP contribution in [-0.2, 0) is 0 Å². The predicted octanol–water partition coefficient (Wildman–Crippen LogP) is 5.46. The van der Waals surface area contributed by atoms with Crippen LogP contribution in [0.5, 0.6) is 5.75 Å². The zero-order valence-corrected chi connectivity index (χ0v) is 12.4. The lowest BCUT2D eigenvalue weighted by molar-refractivity contribution is 0.242. The Labute approximate surface area is 124 Å². The molecule has 0 fully saturated rings. The lowest BCUT2D eigenvalue weighted by Crippen LogP contribution is -2.05. The molecule has 0 saturated heterocycles. The molecule has 0 N–H and O–H groups in total. The summed E-state index contributed by atoms with van der Waals surface area (Å²) >= 11 is 12.6. The smallest absolute Gasteiger partial charge is 0.119 e. The Balaban J connectivity index is 2.20. The van der Waals surface area contributed by atoms with E-state index in [1.807, 2.05) is 62.4 Å². The van der Waals surface area contributed by atoms with Crippen molar-refractivity contribution >= 4 is 23.2 Å². The summed E-state index contributed by atoms with van der Waals surface area (Å²) in [6, 6.07) is 15.4. The zero-order valence-electron chi connectivity index (χ0n) is 10.9. The maximum Gasteiger partial charge on any atom is 0.119 e. The van der Waals surface area contributed by atoms with Crippen molar-refractivity contribution in [3.05, 3.63) is 64.7 Å². The lowest BCUT2D eigenvalue weighted by atomic mass is 10.0. The Morgan fingerprint density at radius 1 is 0.947 bits per heavy atom. The molecule has 0 aliphatic heterocycles. The summed E-state index contributed by atoms with van der Waals surface area (Å²) in [6.45, 7) is 4.00. The molecular weight excluding hydrogens is 279 g/mol. The van der Waals surface area contributed by atoms with Gasteiger partial charge in [0.2, 0.25) is 0 Å². The molecule has 3 heteroatoms. The number of benzene rings is 2. The SMILES string of the molecule is CC(C)Oc1ccc(C(Cl)c2ccccc2Cl)cc1. The van der Waals surface area contributed by atoms with Gasteiger partial charge in [-0.15, -0.1) is 11.6 Å². The number of ether oxygens (including phenoxy) is 1. The molecule has 0 aliphatic rings. The molecule has 2 aromatic rings. The highest BCUT2D eigenvalue weighted by Crippen LogP contribution is 2.34. The van der Waals surface area contributed by atoms with Crippen molar-refractivity contribution in [2.75, 3.05) is 0 Å². The molecule has 0 aliphatic carbocycles. The van der Waals surface area contributed by atoms with Gasteiger partial charge >= 0.3 is 0 Å². The molecule has 0 amide bonds. The first kappa shape index (κ1) is 14.2. The average Bonchev–Trinajstić information content (AvgIpc) is 2.39.